The second-order valence-corrected chi connectivity index (χ2v) is 6.62. The normalized spacial score (nSPS) is 35.0. The van der Waals surface area contributed by atoms with Gasteiger partial charge >= 0.3 is 5.97 Å². The number of methoxy groups -OCH3 is 1. The Balaban J connectivity index is 1.93. The van der Waals surface area contributed by atoms with Crippen LogP contribution in [0.15, 0.2) is 0 Å². The summed E-state index contributed by atoms with van der Waals surface area (Å²) in [4.78, 5) is 11.7. The fourth-order valence-electron chi connectivity index (χ4n) is 3.30. The molecular weight excluding hydrogens is 232 g/mol. The monoisotopic (exact) mass is 256 g/mol. The summed E-state index contributed by atoms with van der Waals surface area (Å²) in [7, 11) is 1.52. The molecule has 98 valence electrons. The molecule has 2 fully saturated rings. The molecule has 1 aliphatic carbocycles. The molecule has 0 N–H and O–H groups in total. The molecule has 0 bridgehead atoms. The van der Waals surface area contributed by atoms with Crippen LogP contribution in [0.5, 0.6) is 0 Å². The molecule has 3 atom stereocenters. The highest BCUT2D eigenvalue weighted by Gasteiger charge is 2.29. The number of hydrogen-bond donors (Lipinski definition) is 0. The number of ether oxygens (including phenoxy) is 1. The van der Waals surface area contributed by atoms with Gasteiger partial charge in [-0.25, -0.2) is 0 Å². The molecule has 1 saturated carbocycles. The van der Waals surface area contributed by atoms with Gasteiger partial charge in [0, 0.05) is 0 Å². The van der Waals surface area contributed by atoms with E-state index < -0.39 is 0 Å². The van der Waals surface area contributed by atoms with Gasteiger partial charge in [-0.3, -0.25) is 4.79 Å². The predicted molar refractivity (Wildman–Crippen MR) is 72.1 cm³/mol. The molecule has 3 unspecified atom stereocenters. The lowest BCUT2D eigenvalue weighted by atomic mass is 9.84. The van der Waals surface area contributed by atoms with Gasteiger partial charge in [-0.1, -0.05) is 19.3 Å². The summed E-state index contributed by atoms with van der Waals surface area (Å²) in [5, 5.41) is 0. The van der Waals surface area contributed by atoms with E-state index >= 15 is 0 Å². The first-order valence-electron chi connectivity index (χ1n) is 6.97. The lowest BCUT2D eigenvalue weighted by molar-refractivity contribution is -0.146. The fourth-order valence-corrected chi connectivity index (χ4v) is 4.68. The minimum Gasteiger partial charge on any atom is -0.469 e. The van der Waals surface area contributed by atoms with Gasteiger partial charge in [0.2, 0.25) is 0 Å². The highest BCUT2D eigenvalue weighted by atomic mass is 32.2. The molecular formula is C14H24O2S. The number of carbonyl (C=O) groups excluding carboxylic acids is 1. The molecule has 0 aromatic carbocycles. The average Bonchev–Trinajstić information content (AvgIpc) is 2.47. The SMILES string of the molecule is COC(=O)C1CCCCC2CCSCC2CC1. The molecule has 17 heavy (non-hydrogen) atoms. The Kier molecular flexibility index (Phi) is 5.20. The Morgan fingerprint density at radius 2 is 1.88 bits per heavy atom. The van der Waals surface area contributed by atoms with Gasteiger partial charge in [-0.2, -0.15) is 11.8 Å². The lowest BCUT2D eigenvalue weighted by Crippen LogP contribution is -2.24. The second kappa shape index (κ2) is 6.67. The predicted octanol–water partition coefficient (Wildman–Crippen LogP) is 3.50. The number of esters is 1. The van der Waals surface area contributed by atoms with Crippen LogP contribution in [-0.2, 0) is 9.53 Å². The van der Waals surface area contributed by atoms with Crippen molar-refractivity contribution >= 4 is 17.7 Å². The number of thioether (sulfide) groups is 1. The summed E-state index contributed by atoms with van der Waals surface area (Å²) in [5.74, 6) is 4.66. The summed E-state index contributed by atoms with van der Waals surface area (Å²) in [6, 6.07) is 0. The standard InChI is InChI=1S/C14H24O2S/c1-16-14(15)12-5-3-2-4-11-8-9-17-10-13(11)7-6-12/h11-13H,2-10H2,1H3. The summed E-state index contributed by atoms with van der Waals surface area (Å²) in [5.41, 5.74) is 0. The van der Waals surface area contributed by atoms with Crippen LogP contribution in [0.2, 0.25) is 0 Å². The van der Waals surface area contributed by atoms with Crippen molar-refractivity contribution in [1.29, 1.82) is 0 Å². The average molecular weight is 256 g/mol. The number of fused-ring (bicyclic) bond motifs is 1. The molecule has 2 nitrogen and oxygen atoms in total. The van der Waals surface area contributed by atoms with Crippen LogP contribution in [0.3, 0.4) is 0 Å². The van der Waals surface area contributed by atoms with Crippen LogP contribution in [0.25, 0.3) is 0 Å². The van der Waals surface area contributed by atoms with Crippen LogP contribution in [0, 0.1) is 17.8 Å². The van der Waals surface area contributed by atoms with Crippen molar-refractivity contribution in [2.75, 3.05) is 18.6 Å². The maximum absolute atomic E-state index is 11.7. The lowest BCUT2D eigenvalue weighted by Gasteiger charge is -2.31. The Bertz CT molecular complexity index is 255. The second-order valence-electron chi connectivity index (χ2n) is 5.47. The molecule has 0 radical (unpaired) electrons. The molecule has 2 rings (SSSR count). The van der Waals surface area contributed by atoms with Crippen molar-refractivity contribution in [3.05, 3.63) is 0 Å². The van der Waals surface area contributed by atoms with Crippen LogP contribution < -0.4 is 0 Å². The summed E-state index contributed by atoms with van der Waals surface area (Å²) in [6.45, 7) is 0. The summed E-state index contributed by atoms with van der Waals surface area (Å²) < 4.78 is 4.92. The zero-order chi connectivity index (χ0) is 12.1. The van der Waals surface area contributed by atoms with Crippen LogP contribution >= 0.6 is 11.8 Å². The molecule has 2 aliphatic rings. The highest BCUT2D eigenvalue weighted by Crippen LogP contribution is 2.37. The molecule has 1 saturated heterocycles. The quantitative estimate of drug-likeness (QED) is 0.672. The zero-order valence-electron chi connectivity index (χ0n) is 10.8. The van der Waals surface area contributed by atoms with E-state index in [4.69, 9.17) is 4.74 Å². The van der Waals surface area contributed by atoms with E-state index in [1.54, 1.807) is 0 Å². The largest absolute Gasteiger partial charge is 0.469 e. The zero-order valence-corrected chi connectivity index (χ0v) is 11.6. The molecule has 1 heterocycles. The Labute approximate surface area is 109 Å². The molecule has 0 aromatic rings. The van der Waals surface area contributed by atoms with Gasteiger partial charge in [0.15, 0.2) is 0 Å². The number of hydrogen-bond acceptors (Lipinski definition) is 3. The van der Waals surface area contributed by atoms with E-state index in [9.17, 15) is 4.79 Å². The number of carbonyl (C=O) groups is 1. The highest BCUT2D eigenvalue weighted by molar-refractivity contribution is 7.99. The van der Waals surface area contributed by atoms with Gasteiger partial charge in [-0.05, 0) is 49.0 Å². The van der Waals surface area contributed by atoms with E-state index in [-0.39, 0.29) is 11.9 Å². The summed E-state index contributed by atoms with van der Waals surface area (Å²) in [6.07, 6.45) is 8.62. The molecule has 3 heteroatoms. The number of rotatable bonds is 1. The maximum Gasteiger partial charge on any atom is 0.308 e. The van der Waals surface area contributed by atoms with E-state index in [2.05, 4.69) is 11.8 Å². The third-order valence-electron chi connectivity index (χ3n) is 4.43. The van der Waals surface area contributed by atoms with E-state index in [1.165, 1.54) is 50.7 Å². The Hall–Kier alpha value is -0.180. The van der Waals surface area contributed by atoms with E-state index in [0.29, 0.717) is 0 Å². The van der Waals surface area contributed by atoms with Gasteiger partial charge in [0.25, 0.3) is 0 Å². The fraction of sp³-hybridized carbons (Fsp3) is 0.929. The van der Waals surface area contributed by atoms with Crippen molar-refractivity contribution in [3.63, 3.8) is 0 Å². The minimum atomic E-state index is 0.0203. The smallest absolute Gasteiger partial charge is 0.308 e. The van der Waals surface area contributed by atoms with Gasteiger partial charge in [0.05, 0.1) is 13.0 Å². The third-order valence-corrected chi connectivity index (χ3v) is 5.62. The first-order valence-corrected chi connectivity index (χ1v) is 8.12. The molecule has 0 spiro atoms. The van der Waals surface area contributed by atoms with Crippen molar-refractivity contribution < 1.29 is 9.53 Å². The Morgan fingerprint density at radius 3 is 2.71 bits per heavy atom. The van der Waals surface area contributed by atoms with Crippen LogP contribution in [0.1, 0.15) is 44.9 Å². The first-order chi connectivity index (χ1) is 8.31. The van der Waals surface area contributed by atoms with Crippen LogP contribution in [0.4, 0.5) is 0 Å². The Morgan fingerprint density at radius 1 is 1.06 bits per heavy atom. The van der Waals surface area contributed by atoms with Gasteiger partial charge < -0.3 is 4.74 Å². The minimum absolute atomic E-state index is 0.0203. The van der Waals surface area contributed by atoms with Crippen molar-refractivity contribution in [3.8, 4) is 0 Å². The third kappa shape index (κ3) is 3.64. The topological polar surface area (TPSA) is 26.3 Å². The van der Waals surface area contributed by atoms with E-state index in [0.717, 1.165) is 24.7 Å². The van der Waals surface area contributed by atoms with Crippen LogP contribution in [-0.4, -0.2) is 24.6 Å². The van der Waals surface area contributed by atoms with E-state index in [1.807, 2.05) is 0 Å². The van der Waals surface area contributed by atoms with Crippen molar-refractivity contribution in [2.24, 2.45) is 17.8 Å². The first kappa shape index (κ1) is 13.3. The molecule has 0 aromatic heterocycles. The summed E-state index contributed by atoms with van der Waals surface area (Å²) >= 11 is 2.10. The van der Waals surface area contributed by atoms with Crippen molar-refractivity contribution in [2.45, 2.75) is 44.9 Å². The van der Waals surface area contributed by atoms with Gasteiger partial charge in [-0.15, -0.1) is 0 Å². The maximum atomic E-state index is 11.7. The molecule has 1 aliphatic heterocycles. The van der Waals surface area contributed by atoms with Crippen molar-refractivity contribution in [1.82, 2.24) is 0 Å². The van der Waals surface area contributed by atoms with Gasteiger partial charge in [0.1, 0.15) is 0 Å². The molecule has 0 amide bonds.